The Kier molecular flexibility index (Phi) is 18.1. The van der Waals surface area contributed by atoms with Gasteiger partial charge in [-0.1, -0.05) is 84.0 Å². The first kappa shape index (κ1) is 27.9. The van der Waals surface area contributed by atoms with Gasteiger partial charge in [-0.05, 0) is 12.8 Å². The van der Waals surface area contributed by atoms with E-state index in [-0.39, 0.29) is 0 Å². The van der Waals surface area contributed by atoms with E-state index in [9.17, 15) is 5.11 Å². The summed E-state index contributed by atoms with van der Waals surface area (Å²) in [6, 6.07) is 3.35. The molecule has 5 heteroatoms. The van der Waals surface area contributed by atoms with E-state index >= 15 is 0 Å². The lowest BCUT2D eigenvalue weighted by Crippen LogP contribution is -2.45. The first-order valence-corrected chi connectivity index (χ1v) is 11.9. The fourth-order valence-electron chi connectivity index (χ4n) is 3.51. The van der Waals surface area contributed by atoms with E-state index in [1.807, 2.05) is 0 Å². The van der Waals surface area contributed by atoms with Crippen LogP contribution in [0.4, 0.5) is 0 Å². The predicted octanol–water partition coefficient (Wildman–Crippen LogP) is 4.91. The van der Waals surface area contributed by atoms with Gasteiger partial charge in [-0.15, -0.1) is 0 Å². The first-order valence-electron chi connectivity index (χ1n) is 11.9. The maximum atomic E-state index is 11.6. The molecule has 0 radical (unpaired) electrons. The second-order valence-corrected chi connectivity index (χ2v) is 8.95. The summed E-state index contributed by atoms with van der Waals surface area (Å²) in [6.07, 6.45) is 17.5. The normalized spacial score (nSPS) is 12.7. The molecular formula is C24H45N3O2. The largest absolute Gasteiger partial charge is 0.829 e. The average molecular weight is 408 g/mol. The highest BCUT2D eigenvalue weighted by molar-refractivity contribution is 5.00. The number of likely N-dealkylation sites (N-methyl/N-ethyl adjacent to an activating group) is 1. The van der Waals surface area contributed by atoms with Crippen molar-refractivity contribution >= 4 is 0 Å². The predicted molar refractivity (Wildman–Crippen MR) is 117 cm³/mol. The van der Waals surface area contributed by atoms with Gasteiger partial charge in [0, 0.05) is 6.29 Å². The van der Waals surface area contributed by atoms with Gasteiger partial charge in [0.05, 0.1) is 39.4 Å². The van der Waals surface area contributed by atoms with Gasteiger partial charge in [0.1, 0.15) is 12.5 Å². The molecule has 0 N–H and O–H groups in total. The average Bonchev–Trinajstić information content (AvgIpc) is 2.69. The molecule has 0 aliphatic heterocycles. The van der Waals surface area contributed by atoms with Crippen molar-refractivity contribution in [1.82, 2.24) is 0 Å². The quantitative estimate of drug-likeness (QED) is 0.163. The Bertz CT molecular complexity index is 440. The summed E-state index contributed by atoms with van der Waals surface area (Å²) in [5, 5.41) is 29.0. The Hall–Kier alpha value is -1.14. The van der Waals surface area contributed by atoms with Crippen LogP contribution in [0, 0.1) is 28.6 Å². The number of nitrogens with zero attached hydrogens (tertiary/aromatic N) is 3. The maximum Gasteiger partial charge on any atom is 0.144 e. The van der Waals surface area contributed by atoms with E-state index in [0.29, 0.717) is 6.61 Å². The Balaban J connectivity index is 3.49. The van der Waals surface area contributed by atoms with Crippen LogP contribution in [0.2, 0.25) is 0 Å². The molecule has 0 aliphatic carbocycles. The lowest BCUT2D eigenvalue weighted by atomic mass is 10.0. The number of nitriles is 2. The molecule has 0 spiro atoms. The SMILES string of the molecule is CCCCCCCCCCCCCCCC[N+](C)(C)CCOC([O-])C(C#N)C#N. The van der Waals surface area contributed by atoms with Gasteiger partial charge in [-0.2, -0.15) is 10.5 Å². The number of quaternary nitrogens is 1. The van der Waals surface area contributed by atoms with Crippen LogP contribution >= 0.6 is 0 Å². The zero-order chi connectivity index (χ0) is 21.8. The molecule has 29 heavy (non-hydrogen) atoms. The van der Waals surface area contributed by atoms with Gasteiger partial charge in [-0.25, -0.2) is 0 Å². The van der Waals surface area contributed by atoms with Crippen molar-refractivity contribution in [2.24, 2.45) is 5.92 Å². The van der Waals surface area contributed by atoms with Gasteiger partial charge in [-0.3, -0.25) is 0 Å². The van der Waals surface area contributed by atoms with Crippen LogP contribution < -0.4 is 5.11 Å². The highest BCUT2D eigenvalue weighted by Crippen LogP contribution is 2.13. The smallest absolute Gasteiger partial charge is 0.144 e. The molecule has 1 atom stereocenters. The molecule has 168 valence electrons. The summed E-state index contributed by atoms with van der Waals surface area (Å²) in [6.45, 7) is 4.34. The van der Waals surface area contributed by atoms with Crippen LogP contribution in [0.1, 0.15) is 96.8 Å². The fraction of sp³-hybridized carbons (Fsp3) is 0.917. The second-order valence-electron chi connectivity index (χ2n) is 8.95. The van der Waals surface area contributed by atoms with E-state index < -0.39 is 12.2 Å². The third kappa shape index (κ3) is 17.4. The molecule has 0 aromatic carbocycles. The van der Waals surface area contributed by atoms with E-state index in [1.54, 1.807) is 12.1 Å². The molecule has 1 unspecified atom stereocenters. The number of hydrogen-bond acceptors (Lipinski definition) is 4. The highest BCUT2D eigenvalue weighted by Gasteiger charge is 2.16. The number of ether oxygens (including phenoxy) is 1. The fourth-order valence-corrected chi connectivity index (χ4v) is 3.51. The minimum Gasteiger partial charge on any atom is -0.829 e. The third-order valence-corrected chi connectivity index (χ3v) is 5.65. The summed E-state index contributed by atoms with van der Waals surface area (Å²) in [5.74, 6) is -1.23. The molecular weight excluding hydrogens is 362 g/mol. The molecule has 5 nitrogen and oxygen atoms in total. The van der Waals surface area contributed by atoms with Crippen LogP contribution in [0.3, 0.4) is 0 Å². The monoisotopic (exact) mass is 407 g/mol. The van der Waals surface area contributed by atoms with Crippen molar-refractivity contribution in [2.75, 3.05) is 33.8 Å². The highest BCUT2D eigenvalue weighted by atomic mass is 16.6. The zero-order valence-corrected chi connectivity index (χ0v) is 19.3. The van der Waals surface area contributed by atoms with Crippen molar-refractivity contribution in [3.05, 3.63) is 0 Å². The van der Waals surface area contributed by atoms with Gasteiger partial charge in [0.15, 0.2) is 0 Å². The molecule has 0 saturated carbocycles. The van der Waals surface area contributed by atoms with Crippen LogP contribution in [0.5, 0.6) is 0 Å². The van der Waals surface area contributed by atoms with Gasteiger partial charge in [0.25, 0.3) is 0 Å². The lowest BCUT2D eigenvalue weighted by molar-refractivity contribution is -0.891. The summed E-state index contributed by atoms with van der Waals surface area (Å²) in [5.41, 5.74) is 0. The van der Waals surface area contributed by atoms with Crippen molar-refractivity contribution in [2.45, 2.75) is 103 Å². The summed E-state index contributed by atoms with van der Waals surface area (Å²) >= 11 is 0. The molecule has 0 rings (SSSR count). The van der Waals surface area contributed by atoms with Crippen molar-refractivity contribution in [1.29, 1.82) is 10.5 Å². The van der Waals surface area contributed by atoms with Gasteiger partial charge in [0.2, 0.25) is 0 Å². The zero-order valence-electron chi connectivity index (χ0n) is 19.3. The van der Waals surface area contributed by atoms with Gasteiger partial charge < -0.3 is 14.3 Å². The Morgan fingerprint density at radius 2 is 1.14 bits per heavy atom. The number of rotatable bonds is 20. The Morgan fingerprint density at radius 3 is 1.55 bits per heavy atom. The summed E-state index contributed by atoms with van der Waals surface area (Å²) in [4.78, 5) is 0. The van der Waals surface area contributed by atoms with Gasteiger partial charge >= 0.3 is 0 Å². The van der Waals surface area contributed by atoms with E-state index in [1.165, 1.54) is 89.9 Å². The first-order chi connectivity index (χ1) is 14.0. The Labute approximate surface area is 180 Å². The summed E-state index contributed by atoms with van der Waals surface area (Å²) in [7, 11) is 4.27. The minimum atomic E-state index is -1.56. The molecule has 0 bridgehead atoms. The number of unbranched alkanes of at least 4 members (excludes halogenated alkanes) is 13. The number of hydrogen-bond donors (Lipinski definition) is 0. The third-order valence-electron chi connectivity index (χ3n) is 5.65. The van der Waals surface area contributed by atoms with Crippen molar-refractivity contribution in [3.63, 3.8) is 0 Å². The Morgan fingerprint density at radius 1 is 0.724 bits per heavy atom. The maximum absolute atomic E-state index is 11.6. The molecule has 0 saturated heterocycles. The topological polar surface area (TPSA) is 79.9 Å². The van der Waals surface area contributed by atoms with Crippen LogP contribution in [-0.2, 0) is 4.74 Å². The van der Waals surface area contributed by atoms with Crippen LogP contribution in [-0.4, -0.2) is 44.6 Å². The minimum absolute atomic E-state index is 0.291. The molecule has 0 amide bonds. The molecule has 0 aromatic heterocycles. The van der Waals surface area contributed by atoms with Crippen LogP contribution in [0.15, 0.2) is 0 Å². The lowest BCUT2D eigenvalue weighted by Gasteiger charge is -2.31. The molecule has 0 aliphatic rings. The van der Waals surface area contributed by atoms with E-state index in [2.05, 4.69) is 21.0 Å². The van der Waals surface area contributed by atoms with Crippen LogP contribution in [0.25, 0.3) is 0 Å². The molecule has 0 heterocycles. The van der Waals surface area contributed by atoms with E-state index in [4.69, 9.17) is 15.3 Å². The molecule has 0 aromatic rings. The van der Waals surface area contributed by atoms with Crippen molar-refractivity contribution in [3.8, 4) is 12.1 Å². The van der Waals surface area contributed by atoms with E-state index in [0.717, 1.165) is 17.6 Å². The summed E-state index contributed by atoms with van der Waals surface area (Å²) < 4.78 is 5.93. The second kappa shape index (κ2) is 18.9. The standard InChI is InChI=1S/C24H45N3O2/c1-4-5-6-7-8-9-10-11-12-13-14-15-16-17-18-27(2,3)19-20-29-24(28)23(21-25)22-26/h23-24H,4-20H2,1-3H3. The van der Waals surface area contributed by atoms with Crippen molar-refractivity contribution < 1.29 is 14.3 Å². The molecule has 0 fully saturated rings.